The summed E-state index contributed by atoms with van der Waals surface area (Å²) in [4.78, 5) is 10.9. The summed E-state index contributed by atoms with van der Waals surface area (Å²) in [7, 11) is -3.64. The first-order valence-corrected chi connectivity index (χ1v) is 8.68. The Hall–Kier alpha value is -1.01. The van der Waals surface area contributed by atoms with E-state index in [1.807, 2.05) is 0 Å². The molecule has 0 amide bonds. The average Bonchev–Trinajstić information content (AvgIpc) is 2.72. The molecule has 0 bridgehead atoms. The van der Waals surface area contributed by atoms with Crippen molar-refractivity contribution in [2.75, 3.05) is 18.1 Å². The topological polar surface area (TPSA) is 83.5 Å². The van der Waals surface area contributed by atoms with Crippen molar-refractivity contribution < 1.29 is 18.3 Å². The van der Waals surface area contributed by atoms with Crippen molar-refractivity contribution in [2.24, 2.45) is 0 Å². The molecule has 0 spiro atoms. The molecule has 8 heteroatoms. The minimum Gasteiger partial charge on any atom is -0.477 e. The normalized spacial score (nSPS) is 11.2. The number of aromatic carboxylic acids is 1. The molecule has 0 aliphatic heterocycles. The second-order valence-corrected chi connectivity index (χ2v) is 7.69. The van der Waals surface area contributed by atoms with Crippen LogP contribution >= 0.6 is 23.1 Å². The van der Waals surface area contributed by atoms with Crippen LogP contribution in [0.2, 0.25) is 0 Å². The van der Waals surface area contributed by atoms with E-state index in [4.69, 9.17) is 11.5 Å². The lowest BCUT2D eigenvalue weighted by molar-refractivity contribution is 0.0701. The first-order valence-electron chi connectivity index (χ1n) is 5.23. The fraction of sp³-hybridized carbons (Fsp3) is 0.364. The number of thiophene rings is 1. The highest BCUT2D eigenvalue weighted by molar-refractivity contribution is 7.99. The Bertz CT molecular complexity index is 598. The van der Waals surface area contributed by atoms with Crippen molar-refractivity contribution in [3.05, 3.63) is 16.5 Å². The molecule has 1 rings (SSSR count). The van der Waals surface area contributed by atoms with Gasteiger partial charge in [0.05, 0.1) is 5.75 Å². The first-order chi connectivity index (χ1) is 8.88. The number of carbonyl (C=O) groups is 1. The van der Waals surface area contributed by atoms with Gasteiger partial charge >= 0.3 is 5.97 Å². The minimum atomic E-state index is -3.64. The number of rotatable bonds is 7. The van der Waals surface area contributed by atoms with Gasteiger partial charge in [0.1, 0.15) is 9.09 Å². The van der Waals surface area contributed by atoms with E-state index in [0.29, 0.717) is 17.1 Å². The summed E-state index contributed by atoms with van der Waals surface area (Å²) in [6.45, 7) is 1.83. The molecule has 0 aromatic carbocycles. The molecule has 5 nitrogen and oxygen atoms in total. The van der Waals surface area contributed by atoms with Gasteiger partial charge in [-0.2, -0.15) is 0 Å². The van der Waals surface area contributed by atoms with Crippen LogP contribution in [0.15, 0.2) is 10.3 Å². The Morgan fingerprint density at radius 1 is 1.63 bits per heavy atom. The Labute approximate surface area is 120 Å². The third kappa shape index (κ3) is 4.54. The van der Waals surface area contributed by atoms with Crippen molar-refractivity contribution in [1.29, 1.82) is 0 Å². The maximum atomic E-state index is 11.9. The highest BCUT2D eigenvalue weighted by Gasteiger charge is 2.21. The van der Waals surface area contributed by atoms with Crippen LogP contribution in [0.3, 0.4) is 0 Å². The Morgan fingerprint density at radius 2 is 2.32 bits per heavy atom. The second-order valence-electron chi connectivity index (χ2n) is 3.54. The third-order valence-electron chi connectivity index (χ3n) is 2.08. The number of terminal acetylenes is 1. The average molecular weight is 319 g/mol. The summed E-state index contributed by atoms with van der Waals surface area (Å²) < 4.78 is 26.3. The molecule has 0 saturated carbocycles. The van der Waals surface area contributed by atoms with Crippen molar-refractivity contribution in [2.45, 2.75) is 11.1 Å². The van der Waals surface area contributed by atoms with Crippen molar-refractivity contribution in [3.63, 3.8) is 0 Å². The molecule has 0 aliphatic rings. The summed E-state index contributed by atoms with van der Waals surface area (Å²) in [6.07, 6.45) is 5.07. The van der Waals surface area contributed by atoms with Crippen LogP contribution in [-0.4, -0.2) is 37.5 Å². The second kappa shape index (κ2) is 6.96. The Kier molecular flexibility index (Phi) is 5.87. The van der Waals surface area contributed by atoms with Crippen molar-refractivity contribution >= 4 is 39.1 Å². The number of hydrogen-bond donors (Lipinski definition) is 2. The van der Waals surface area contributed by atoms with Crippen molar-refractivity contribution in [3.8, 4) is 12.3 Å². The van der Waals surface area contributed by atoms with Crippen LogP contribution in [-0.2, 0) is 10.0 Å². The van der Waals surface area contributed by atoms with Gasteiger partial charge in [0.25, 0.3) is 0 Å². The zero-order valence-electron chi connectivity index (χ0n) is 10.2. The first kappa shape index (κ1) is 16.0. The molecule has 1 heterocycles. The van der Waals surface area contributed by atoms with Crippen LogP contribution in [0.5, 0.6) is 0 Å². The summed E-state index contributed by atoms with van der Waals surface area (Å²) in [5, 5.41) is 8.89. The van der Waals surface area contributed by atoms with Crippen LogP contribution in [0.4, 0.5) is 0 Å². The van der Waals surface area contributed by atoms with E-state index in [2.05, 4.69) is 10.6 Å². The molecule has 0 atom stereocenters. The molecule has 0 aliphatic carbocycles. The Morgan fingerprint density at radius 3 is 2.84 bits per heavy atom. The molecular weight excluding hydrogens is 306 g/mol. The summed E-state index contributed by atoms with van der Waals surface area (Å²) >= 11 is 2.20. The van der Waals surface area contributed by atoms with E-state index in [1.165, 1.54) is 17.8 Å². The van der Waals surface area contributed by atoms with E-state index in [1.54, 1.807) is 6.92 Å². The maximum Gasteiger partial charge on any atom is 0.346 e. The van der Waals surface area contributed by atoms with Crippen LogP contribution in [0.1, 0.15) is 15.2 Å². The molecule has 1 aromatic rings. The highest BCUT2D eigenvalue weighted by Crippen LogP contribution is 2.25. The van der Waals surface area contributed by atoms with Crippen LogP contribution in [0.25, 0.3) is 0 Å². The van der Waals surface area contributed by atoms with Gasteiger partial charge in [0.15, 0.2) is 0 Å². The number of carboxylic acids is 1. The quantitative estimate of drug-likeness (QED) is 0.586. The molecule has 19 heavy (non-hydrogen) atoms. The highest BCUT2D eigenvalue weighted by atomic mass is 32.2. The smallest absolute Gasteiger partial charge is 0.346 e. The number of carboxylic acid groups (broad SMARTS) is 1. The molecule has 0 unspecified atom stereocenters. The summed E-state index contributed by atoms with van der Waals surface area (Å²) in [5.41, 5.74) is 0.444. The van der Waals surface area contributed by atoms with Gasteiger partial charge in [-0.15, -0.1) is 29.5 Å². The van der Waals surface area contributed by atoms with Crippen LogP contribution in [0, 0.1) is 19.3 Å². The van der Waals surface area contributed by atoms with Gasteiger partial charge in [-0.1, -0.05) is 5.92 Å². The number of nitrogens with one attached hydrogen (secondary N) is 1. The summed E-state index contributed by atoms with van der Waals surface area (Å²) in [5.74, 6) is 2.43. The number of thioether (sulfide) groups is 1. The zero-order chi connectivity index (χ0) is 14.5. The lowest BCUT2D eigenvalue weighted by Gasteiger charge is -2.03. The van der Waals surface area contributed by atoms with E-state index in [0.717, 1.165) is 11.3 Å². The maximum absolute atomic E-state index is 11.9. The van der Waals surface area contributed by atoms with Gasteiger partial charge < -0.3 is 5.11 Å². The molecule has 0 saturated heterocycles. The Balaban J connectivity index is 2.70. The van der Waals surface area contributed by atoms with Gasteiger partial charge in [-0.3, -0.25) is 0 Å². The van der Waals surface area contributed by atoms with Gasteiger partial charge in [-0.05, 0) is 18.6 Å². The predicted octanol–water partition coefficient (Wildman–Crippen LogP) is 1.40. The van der Waals surface area contributed by atoms with Crippen LogP contribution < -0.4 is 4.72 Å². The lowest BCUT2D eigenvalue weighted by Crippen LogP contribution is -2.25. The fourth-order valence-corrected chi connectivity index (χ4v) is 4.34. The predicted molar refractivity (Wildman–Crippen MR) is 77.4 cm³/mol. The number of aryl methyl sites for hydroxylation is 1. The lowest BCUT2D eigenvalue weighted by atomic mass is 10.3. The largest absolute Gasteiger partial charge is 0.477 e. The number of hydrogen-bond acceptors (Lipinski definition) is 5. The summed E-state index contributed by atoms with van der Waals surface area (Å²) in [6, 6.07) is 1.37. The minimum absolute atomic E-state index is 0.0179. The van der Waals surface area contributed by atoms with Gasteiger partial charge in [0, 0.05) is 12.3 Å². The molecule has 2 N–H and O–H groups in total. The zero-order valence-corrected chi connectivity index (χ0v) is 12.6. The molecular formula is C11H13NO4S3. The molecule has 0 fully saturated rings. The standard InChI is InChI=1S/C11H13NO4S3/c1-3-5-17-6-4-12-19(15,16)9-7-8(2)10(18-9)11(13)14/h1,7,12H,4-6H2,2H3,(H,13,14). The van der Waals surface area contributed by atoms with E-state index in [-0.39, 0.29) is 15.6 Å². The fourth-order valence-electron chi connectivity index (χ4n) is 1.25. The van der Waals surface area contributed by atoms with Gasteiger partial charge in [0.2, 0.25) is 10.0 Å². The van der Waals surface area contributed by atoms with E-state index < -0.39 is 16.0 Å². The molecule has 0 radical (unpaired) electrons. The third-order valence-corrected chi connectivity index (χ3v) is 6.10. The monoisotopic (exact) mass is 319 g/mol. The molecule has 104 valence electrons. The number of sulfonamides is 1. The van der Waals surface area contributed by atoms with Gasteiger partial charge in [-0.25, -0.2) is 17.9 Å². The van der Waals surface area contributed by atoms with Crippen molar-refractivity contribution in [1.82, 2.24) is 4.72 Å². The van der Waals surface area contributed by atoms with E-state index in [9.17, 15) is 13.2 Å². The molecule has 1 aromatic heterocycles. The van der Waals surface area contributed by atoms with E-state index >= 15 is 0 Å². The SMILES string of the molecule is C#CCSCCNS(=O)(=O)c1cc(C)c(C(=O)O)s1.